The molecule has 1 unspecified atom stereocenters. The van der Waals surface area contributed by atoms with Crippen molar-refractivity contribution in [3.05, 3.63) is 64.8 Å². The Morgan fingerprint density at radius 2 is 1.83 bits per heavy atom. The van der Waals surface area contributed by atoms with Crippen LogP contribution in [0.15, 0.2) is 42.5 Å². The molecule has 0 bridgehead atoms. The van der Waals surface area contributed by atoms with Gasteiger partial charge in [0.1, 0.15) is 18.0 Å². The molecular formula is C29H34F3NO3. The topological polar surface area (TPSA) is 40.5 Å². The SMILES string of the molecule is CC(C)Cc1ccc(COc2ccc3c(c2)cc2n3CCC2CC(=O)OC(C)(C)C)cc1C(F)(F)F. The molecule has 2 heterocycles. The number of hydrogen-bond donors (Lipinski definition) is 0. The van der Waals surface area contributed by atoms with Crippen LogP contribution in [0.5, 0.6) is 5.75 Å². The molecule has 4 rings (SSSR count). The lowest BCUT2D eigenvalue weighted by atomic mass is 9.96. The van der Waals surface area contributed by atoms with Gasteiger partial charge in [0, 0.05) is 29.1 Å². The summed E-state index contributed by atoms with van der Waals surface area (Å²) in [5.74, 6) is 0.623. The Kier molecular flexibility index (Phi) is 7.13. The van der Waals surface area contributed by atoms with Crippen LogP contribution in [-0.4, -0.2) is 16.1 Å². The Labute approximate surface area is 210 Å². The molecule has 1 aromatic heterocycles. The van der Waals surface area contributed by atoms with Crippen LogP contribution in [0.2, 0.25) is 0 Å². The van der Waals surface area contributed by atoms with Gasteiger partial charge < -0.3 is 14.0 Å². The summed E-state index contributed by atoms with van der Waals surface area (Å²) in [6.07, 6.45) is -2.80. The lowest BCUT2D eigenvalue weighted by Gasteiger charge is -2.20. The molecule has 194 valence electrons. The van der Waals surface area contributed by atoms with Crippen molar-refractivity contribution in [3.8, 4) is 5.75 Å². The van der Waals surface area contributed by atoms with Gasteiger partial charge in [-0.2, -0.15) is 13.2 Å². The smallest absolute Gasteiger partial charge is 0.416 e. The quantitative estimate of drug-likeness (QED) is 0.312. The predicted octanol–water partition coefficient (Wildman–Crippen LogP) is 7.66. The van der Waals surface area contributed by atoms with Gasteiger partial charge in [0.15, 0.2) is 0 Å². The van der Waals surface area contributed by atoms with Gasteiger partial charge in [-0.1, -0.05) is 26.0 Å². The Balaban J connectivity index is 1.48. The van der Waals surface area contributed by atoms with Crippen molar-refractivity contribution in [3.63, 3.8) is 0 Å². The predicted molar refractivity (Wildman–Crippen MR) is 134 cm³/mol. The van der Waals surface area contributed by atoms with Crippen molar-refractivity contribution in [2.75, 3.05) is 0 Å². The zero-order chi connectivity index (χ0) is 26.3. The summed E-state index contributed by atoms with van der Waals surface area (Å²) in [6, 6.07) is 12.3. The lowest BCUT2D eigenvalue weighted by Crippen LogP contribution is -2.24. The minimum absolute atomic E-state index is 0.0470. The lowest BCUT2D eigenvalue weighted by molar-refractivity contribution is -0.155. The highest BCUT2D eigenvalue weighted by Crippen LogP contribution is 2.38. The van der Waals surface area contributed by atoms with Crippen LogP contribution in [0, 0.1) is 5.92 Å². The molecule has 4 nitrogen and oxygen atoms in total. The van der Waals surface area contributed by atoms with Gasteiger partial charge in [-0.05, 0) is 81.0 Å². The van der Waals surface area contributed by atoms with Crippen molar-refractivity contribution >= 4 is 16.9 Å². The standard InChI is InChI=1S/C29H34F3NO3/c1-18(2)12-20-7-6-19(13-24(20)29(30,31)32)17-35-23-8-9-25-22(14-23)15-26-21(10-11-33(25)26)16-27(34)36-28(3,4)5/h6-9,13-15,18,21H,10-12,16-17H2,1-5H3. The van der Waals surface area contributed by atoms with Gasteiger partial charge >= 0.3 is 12.1 Å². The number of rotatable bonds is 7. The van der Waals surface area contributed by atoms with Crippen molar-refractivity contribution in [1.29, 1.82) is 0 Å². The van der Waals surface area contributed by atoms with Crippen LogP contribution in [0.3, 0.4) is 0 Å². The summed E-state index contributed by atoms with van der Waals surface area (Å²) in [6.45, 7) is 10.3. The van der Waals surface area contributed by atoms with Crippen molar-refractivity contribution in [1.82, 2.24) is 4.57 Å². The minimum Gasteiger partial charge on any atom is -0.489 e. The van der Waals surface area contributed by atoms with Gasteiger partial charge in [0.25, 0.3) is 0 Å². The number of benzene rings is 2. The monoisotopic (exact) mass is 501 g/mol. The van der Waals surface area contributed by atoms with Gasteiger partial charge in [-0.25, -0.2) is 0 Å². The summed E-state index contributed by atoms with van der Waals surface area (Å²) in [5, 5.41) is 0.986. The first-order valence-electron chi connectivity index (χ1n) is 12.5. The highest BCUT2D eigenvalue weighted by molar-refractivity contribution is 5.84. The number of hydrogen-bond acceptors (Lipinski definition) is 3. The summed E-state index contributed by atoms with van der Waals surface area (Å²) < 4.78 is 54.4. The third-order valence-corrected chi connectivity index (χ3v) is 6.37. The molecule has 36 heavy (non-hydrogen) atoms. The Morgan fingerprint density at radius 3 is 2.50 bits per heavy atom. The molecule has 0 aliphatic carbocycles. The molecule has 0 spiro atoms. The fourth-order valence-corrected chi connectivity index (χ4v) is 4.93. The number of halogens is 3. The number of aromatic nitrogens is 1. The number of fused-ring (bicyclic) bond motifs is 3. The Hall–Kier alpha value is -2.96. The number of aryl methyl sites for hydroxylation is 1. The molecule has 0 saturated carbocycles. The van der Waals surface area contributed by atoms with E-state index in [-0.39, 0.29) is 24.4 Å². The number of alkyl halides is 3. The molecule has 2 aromatic carbocycles. The van der Waals surface area contributed by atoms with Gasteiger partial charge in [0.05, 0.1) is 12.0 Å². The summed E-state index contributed by atoms with van der Waals surface area (Å²) in [4.78, 5) is 12.4. The van der Waals surface area contributed by atoms with Crippen molar-refractivity contribution in [2.45, 2.75) is 84.7 Å². The van der Waals surface area contributed by atoms with Crippen LogP contribution in [0.1, 0.15) is 75.8 Å². The second-order valence-corrected chi connectivity index (χ2v) is 11.1. The normalized spacial score (nSPS) is 16.0. The average Bonchev–Trinajstić information content (AvgIpc) is 3.29. The second-order valence-electron chi connectivity index (χ2n) is 11.1. The van der Waals surface area contributed by atoms with E-state index in [1.54, 1.807) is 12.1 Å². The summed E-state index contributed by atoms with van der Waals surface area (Å²) in [7, 11) is 0. The maximum Gasteiger partial charge on any atom is 0.416 e. The fourth-order valence-electron chi connectivity index (χ4n) is 4.93. The summed E-state index contributed by atoms with van der Waals surface area (Å²) >= 11 is 0. The van der Waals surface area contributed by atoms with Gasteiger partial charge in [-0.15, -0.1) is 0 Å². The van der Waals surface area contributed by atoms with Crippen LogP contribution in [0.25, 0.3) is 10.9 Å². The molecule has 0 radical (unpaired) electrons. The van der Waals surface area contributed by atoms with Gasteiger partial charge in [0.2, 0.25) is 0 Å². The largest absolute Gasteiger partial charge is 0.489 e. The van der Waals surface area contributed by atoms with Crippen LogP contribution in [-0.2, 0) is 35.3 Å². The molecular weight excluding hydrogens is 467 g/mol. The molecule has 0 saturated heterocycles. The van der Waals surface area contributed by atoms with E-state index in [4.69, 9.17) is 9.47 Å². The maximum absolute atomic E-state index is 13.6. The average molecular weight is 502 g/mol. The number of esters is 1. The van der Waals surface area contributed by atoms with E-state index < -0.39 is 17.3 Å². The first-order valence-corrected chi connectivity index (χ1v) is 12.5. The molecule has 0 amide bonds. The van der Waals surface area contributed by atoms with E-state index in [0.29, 0.717) is 29.7 Å². The zero-order valence-electron chi connectivity index (χ0n) is 21.5. The first kappa shape index (κ1) is 26.1. The van der Waals surface area contributed by atoms with Crippen molar-refractivity contribution in [2.24, 2.45) is 5.92 Å². The zero-order valence-corrected chi connectivity index (χ0v) is 21.5. The molecule has 7 heteroatoms. The van der Waals surface area contributed by atoms with Crippen LogP contribution < -0.4 is 4.74 Å². The number of ether oxygens (including phenoxy) is 2. The van der Waals surface area contributed by atoms with E-state index in [1.807, 2.05) is 52.8 Å². The van der Waals surface area contributed by atoms with E-state index in [1.165, 1.54) is 6.07 Å². The molecule has 1 aliphatic heterocycles. The maximum atomic E-state index is 13.6. The molecule has 1 atom stereocenters. The van der Waals surface area contributed by atoms with Crippen LogP contribution >= 0.6 is 0 Å². The van der Waals surface area contributed by atoms with Gasteiger partial charge in [-0.3, -0.25) is 4.79 Å². The van der Waals surface area contributed by atoms with E-state index >= 15 is 0 Å². The Bertz CT molecular complexity index is 1250. The van der Waals surface area contributed by atoms with E-state index in [9.17, 15) is 18.0 Å². The van der Waals surface area contributed by atoms with E-state index in [2.05, 4.69) is 10.6 Å². The summed E-state index contributed by atoms with van der Waals surface area (Å²) in [5.41, 5.74) is 1.85. The second kappa shape index (κ2) is 9.83. The molecule has 0 N–H and O–H groups in total. The molecule has 0 fully saturated rings. The highest BCUT2D eigenvalue weighted by atomic mass is 19.4. The first-order chi connectivity index (χ1) is 16.8. The number of carbonyl (C=O) groups is 1. The number of nitrogens with zero attached hydrogens (tertiary/aromatic N) is 1. The third kappa shape index (κ3) is 6.05. The van der Waals surface area contributed by atoms with Crippen molar-refractivity contribution < 1.29 is 27.4 Å². The fraction of sp³-hybridized carbons (Fsp3) is 0.483. The molecule has 3 aromatic rings. The molecule has 1 aliphatic rings. The number of carbonyl (C=O) groups excluding carboxylic acids is 1. The Morgan fingerprint density at radius 1 is 1.08 bits per heavy atom. The van der Waals surface area contributed by atoms with E-state index in [0.717, 1.165) is 29.6 Å². The minimum atomic E-state index is -4.40. The highest BCUT2D eigenvalue weighted by Gasteiger charge is 2.33. The third-order valence-electron chi connectivity index (χ3n) is 6.37. The van der Waals surface area contributed by atoms with Crippen LogP contribution in [0.4, 0.5) is 13.2 Å².